The lowest BCUT2D eigenvalue weighted by atomic mass is 9.99. The van der Waals surface area contributed by atoms with Crippen molar-refractivity contribution in [3.05, 3.63) is 36.8 Å². The van der Waals surface area contributed by atoms with Gasteiger partial charge in [-0.2, -0.15) is 0 Å². The minimum absolute atomic E-state index is 0.473. The number of likely N-dealkylation sites (tertiary alicyclic amines) is 1. The molecule has 2 heteroatoms. The quantitative estimate of drug-likeness (QED) is 0.785. The predicted octanol–water partition coefficient (Wildman–Crippen LogP) is 3.02. The molecule has 1 unspecified atom stereocenters. The molecule has 1 radical (unpaired) electrons. The molecule has 1 aromatic carbocycles. The van der Waals surface area contributed by atoms with E-state index in [-0.39, 0.29) is 0 Å². The fourth-order valence-electron chi connectivity index (χ4n) is 2.60. The molecule has 0 spiro atoms. The first-order chi connectivity index (χ1) is 7.83. The molecular formula is C14H21N2. The van der Waals surface area contributed by atoms with E-state index in [0.717, 1.165) is 18.5 Å². The molecule has 2 rings (SSSR count). The SMILES string of the molecule is [CH2]CCC(c1ccccc1N)N1CCCC1. The van der Waals surface area contributed by atoms with Crippen LogP contribution in [0, 0.1) is 6.92 Å². The second-order valence-corrected chi connectivity index (χ2v) is 4.53. The van der Waals surface area contributed by atoms with E-state index in [2.05, 4.69) is 24.0 Å². The van der Waals surface area contributed by atoms with Crippen LogP contribution < -0.4 is 5.73 Å². The fourth-order valence-corrected chi connectivity index (χ4v) is 2.60. The van der Waals surface area contributed by atoms with E-state index >= 15 is 0 Å². The highest BCUT2D eigenvalue weighted by atomic mass is 15.2. The summed E-state index contributed by atoms with van der Waals surface area (Å²) in [5.74, 6) is 0. The third-order valence-corrected chi connectivity index (χ3v) is 3.41. The summed E-state index contributed by atoms with van der Waals surface area (Å²) in [6.45, 7) is 6.40. The summed E-state index contributed by atoms with van der Waals surface area (Å²) in [5.41, 5.74) is 8.28. The van der Waals surface area contributed by atoms with Crippen molar-refractivity contribution < 1.29 is 0 Å². The molecule has 0 aromatic heterocycles. The van der Waals surface area contributed by atoms with Gasteiger partial charge in [-0.15, -0.1) is 0 Å². The lowest BCUT2D eigenvalue weighted by Crippen LogP contribution is -2.26. The van der Waals surface area contributed by atoms with Gasteiger partial charge in [-0.25, -0.2) is 0 Å². The molecule has 1 aliphatic rings. The second kappa shape index (κ2) is 5.35. The van der Waals surface area contributed by atoms with Gasteiger partial charge in [0.2, 0.25) is 0 Å². The molecule has 87 valence electrons. The van der Waals surface area contributed by atoms with Crippen LogP contribution in [-0.4, -0.2) is 18.0 Å². The maximum atomic E-state index is 6.07. The largest absolute Gasteiger partial charge is 0.398 e. The molecule has 0 saturated carbocycles. The highest BCUT2D eigenvalue weighted by molar-refractivity contribution is 5.48. The van der Waals surface area contributed by atoms with Crippen LogP contribution >= 0.6 is 0 Å². The standard InChI is InChI=1S/C14H21N2/c1-2-7-14(16-10-5-6-11-16)12-8-3-4-9-13(12)15/h3-4,8-9,14H,1-2,5-7,10-11,15H2. The minimum atomic E-state index is 0.473. The lowest BCUT2D eigenvalue weighted by molar-refractivity contribution is 0.235. The van der Waals surface area contributed by atoms with E-state index in [0.29, 0.717) is 6.04 Å². The van der Waals surface area contributed by atoms with Crippen LogP contribution in [0.4, 0.5) is 5.69 Å². The van der Waals surface area contributed by atoms with Crippen LogP contribution in [0.25, 0.3) is 0 Å². The van der Waals surface area contributed by atoms with E-state index < -0.39 is 0 Å². The Morgan fingerprint density at radius 3 is 2.56 bits per heavy atom. The van der Waals surface area contributed by atoms with E-state index in [1.165, 1.54) is 31.5 Å². The Bertz CT molecular complexity index is 329. The molecule has 16 heavy (non-hydrogen) atoms. The van der Waals surface area contributed by atoms with Crippen molar-refractivity contribution in [1.82, 2.24) is 4.90 Å². The summed E-state index contributed by atoms with van der Waals surface area (Å²) in [5, 5.41) is 0. The average molecular weight is 217 g/mol. The molecule has 1 aliphatic heterocycles. The van der Waals surface area contributed by atoms with Crippen molar-refractivity contribution in [3.63, 3.8) is 0 Å². The third-order valence-electron chi connectivity index (χ3n) is 3.41. The summed E-state index contributed by atoms with van der Waals surface area (Å²) in [6, 6.07) is 8.72. The lowest BCUT2D eigenvalue weighted by Gasteiger charge is -2.28. The molecule has 1 fully saturated rings. The topological polar surface area (TPSA) is 29.3 Å². The van der Waals surface area contributed by atoms with Crippen molar-refractivity contribution in [2.24, 2.45) is 0 Å². The molecule has 0 amide bonds. The maximum Gasteiger partial charge on any atom is 0.0368 e. The van der Waals surface area contributed by atoms with Crippen LogP contribution in [-0.2, 0) is 0 Å². The van der Waals surface area contributed by atoms with Crippen molar-refractivity contribution >= 4 is 5.69 Å². The Balaban J connectivity index is 2.21. The third kappa shape index (κ3) is 2.38. The molecule has 1 atom stereocenters. The Hall–Kier alpha value is -1.02. The van der Waals surface area contributed by atoms with E-state index in [1.54, 1.807) is 0 Å². The van der Waals surface area contributed by atoms with Gasteiger partial charge in [0.25, 0.3) is 0 Å². The molecule has 1 aromatic rings. The highest BCUT2D eigenvalue weighted by Crippen LogP contribution is 2.32. The number of anilines is 1. The van der Waals surface area contributed by atoms with E-state index in [4.69, 9.17) is 5.73 Å². The number of nitrogens with zero attached hydrogens (tertiary/aromatic N) is 1. The Kier molecular flexibility index (Phi) is 3.83. The predicted molar refractivity (Wildman–Crippen MR) is 69.0 cm³/mol. The number of hydrogen-bond donors (Lipinski definition) is 1. The molecule has 1 heterocycles. The zero-order valence-corrected chi connectivity index (χ0v) is 9.86. The normalized spacial score (nSPS) is 18.8. The summed E-state index contributed by atoms with van der Waals surface area (Å²) < 4.78 is 0. The Morgan fingerprint density at radius 1 is 1.25 bits per heavy atom. The summed E-state index contributed by atoms with van der Waals surface area (Å²) in [7, 11) is 0. The molecular weight excluding hydrogens is 196 g/mol. The monoisotopic (exact) mass is 217 g/mol. The van der Waals surface area contributed by atoms with Crippen molar-refractivity contribution in [2.45, 2.75) is 31.7 Å². The van der Waals surface area contributed by atoms with Crippen LogP contribution in [0.5, 0.6) is 0 Å². The van der Waals surface area contributed by atoms with Crippen molar-refractivity contribution in [2.75, 3.05) is 18.8 Å². The van der Waals surface area contributed by atoms with Gasteiger partial charge in [0.1, 0.15) is 0 Å². The fraction of sp³-hybridized carbons (Fsp3) is 0.500. The number of nitrogen functional groups attached to an aromatic ring is 1. The van der Waals surface area contributed by atoms with Crippen LogP contribution in [0.1, 0.15) is 37.3 Å². The number of para-hydroxylation sites is 1. The number of nitrogens with two attached hydrogens (primary N) is 1. The first-order valence-corrected chi connectivity index (χ1v) is 6.20. The molecule has 2 N–H and O–H groups in total. The molecule has 2 nitrogen and oxygen atoms in total. The van der Waals surface area contributed by atoms with Gasteiger partial charge in [0.05, 0.1) is 0 Å². The Morgan fingerprint density at radius 2 is 1.94 bits per heavy atom. The first kappa shape index (κ1) is 11.5. The van der Waals surface area contributed by atoms with Crippen molar-refractivity contribution in [3.8, 4) is 0 Å². The zero-order valence-electron chi connectivity index (χ0n) is 9.86. The summed E-state index contributed by atoms with van der Waals surface area (Å²) >= 11 is 0. The van der Waals surface area contributed by atoms with Gasteiger partial charge >= 0.3 is 0 Å². The summed E-state index contributed by atoms with van der Waals surface area (Å²) in [6.07, 6.45) is 4.71. The second-order valence-electron chi connectivity index (χ2n) is 4.53. The zero-order chi connectivity index (χ0) is 11.4. The van der Waals surface area contributed by atoms with Gasteiger partial charge < -0.3 is 5.73 Å². The van der Waals surface area contributed by atoms with Gasteiger partial charge in [-0.05, 0) is 44.0 Å². The van der Waals surface area contributed by atoms with Gasteiger partial charge in [-0.1, -0.05) is 31.5 Å². The number of rotatable bonds is 4. The highest BCUT2D eigenvalue weighted by Gasteiger charge is 2.23. The van der Waals surface area contributed by atoms with Crippen molar-refractivity contribution in [1.29, 1.82) is 0 Å². The smallest absolute Gasteiger partial charge is 0.0368 e. The molecule has 0 aliphatic carbocycles. The summed E-state index contributed by atoms with van der Waals surface area (Å²) in [4.78, 5) is 2.55. The number of benzene rings is 1. The molecule has 0 bridgehead atoms. The van der Waals surface area contributed by atoms with Crippen LogP contribution in [0.15, 0.2) is 24.3 Å². The maximum absolute atomic E-state index is 6.07. The number of hydrogen-bond acceptors (Lipinski definition) is 2. The van der Waals surface area contributed by atoms with Gasteiger partial charge in [0.15, 0.2) is 0 Å². The average Bonchev–Trinajstić information content (AvgIpc) is 2.80. The Labute approximate surface area is 98.4 Å². The first-order valence-electron chi connectivity index (χ1n) is 6.20. The van der Waals surface area contributed by atoms with Gasteiger partial charge in [-0.3, -0.25) is 4.90 Å². The minimum Gasteiger partial charge on any atom is -0.398 e. The van der Waals surface area contributed by atoms with E-state index in [1.807, 2.05) is 12.1 Å². The van der Waals surface area contributed by atoms with Crippen LogP contribution in [0.2, 0.25) is 0 Å². The van der Waals surface area contributed by atoms with E-state index in [9.17, 15) is 0 Å². The van der Waals surface area contributed by atoms with Gasteiger partial charge in [0, 0.05) is 11.7 Å². The van der Waals surface area contributed by atoms with Crippen LogP contribution in [0.3, 0.4) is 0 Å². The molecule has 1 saturated heterocycles.